The highest BCUT2D eigenvalue weighted by atomic mass is 35.5. The number of fused-ring (bicyclic) bond motifs is 1. The molecule has 5 nitrogen and oxygen atoms in total. The monoisotopic (exact) mass is 420 g/mol. The zero-order valence-electron chi connectivity index (χ0n) is 15.4. The van der Waals surface area contributed by atoms with Crippen LogP contribution in [0, 0.1) is 5.92 Å². The van der Waals surface area contributed by atoms with Gasteiger partial charge in [-0.2, -0.15) is 0 Å². The second kappa shape index (κ2) is 8.60. The first-order chi connectivity index (χ1) is 13.6. The molecule has 0 bridgehead atoms. The van der Waals surface area contributed by atoms with Crippen LogP contribution in [-0.2, 0) is 11.3 Å². The molecular weight excluding hydrogens is 399 g/mol. The van der Waals surface area contributed by atoms with E-state index in [9.17, 15) is 4.79 Å². The Morgan fingerprint density at radius 2 is 1.93 bits per heavy atom. The molecular formula is C21H22Cl2N2O3. The minimum atomic E-state index is -0.0620. The van der Waals surface area contributed by atoms with E-state index in [0.29, 0.717) is 47.8 Å². The van der Waals surface area contributed by atoms with Gasteiger partial charge in [-0.15, -0.1) is 0 Å². The third-order valence-corrected chi connectivity index (χ3v) is 5.68. The number of carbonyl (C=O) groups is 1. The molecule has 2 aliphatic heterocycles. The fourth-order valence-corrected chi connectivity index (χ4v) is 4.14. The number of likely N-dealkylation sites (tertiary alicyclic amines) is 1. The molecule has 4 rings (SSSR count). The average molecular weight is 421 g/mol. The quantitative estimate of drug-likeness (QED) is 0.783. The van der Waals surface area contributed by atoms with E-state index in [1.54, 1.807) is 6.07 Å². The molecule has 0 saturated carbocycles. The van der Waals surface area contributed by atoms with Gasteiger partial charge in [0.2, 0.25) is 5.91 Å². The van der Waals surface area contributed by atoms with Crippen LogP contribution in [0.2, 0.25) is 10.0 Å². The van der Waals surface area contributed by atoms with Crippen LogP contribution in [0.4, 0.5) is 5.69 Å². The smallest absolute Gasteiger partial charge is 0.228 e. The van der Waals surface area contributed by atoms with Crippen LogP contribution in [0.1, 0.15) is 18.4 Å². The summed E-state index contributed by atoms with van der Waals surface area (Å²) in [7, 11) is 0. The van der Waals surface area contributed by atoms with Gasteiger partial charge in [-0.25, -0.2) is 0 Å². The van der Waals surface area contributed by atoms with Crippen molar-refractivity contribution in [2.75, 3.05) is 31.6 Å². The Labute approximate surface area is 174 Å². The lowest BCUT2D eigenvalue weighted by molar-refractivity contribution is -0.121. The number of hydrogen-bond donors (Lipinski definition) is 1. The van der Waals surface area contributed by atoms with Crippen molar-refractivity contribution in [1.29, 1.82) is 0 Å². The number of nitrogens with zero attached hydrogens (tertiary/aromatic N) is 1. The summed E-state index contributed by atoms with van der Waals surface area (Å²) in [4.78, 5) is 15.1. The molecule has 1 N–H and O–H groups in total. The standard InChI is InChI=1S/C21H22Cl2N2O3/c22-16-4-3-14(18(23)10-16)12-25-7-1-2-15(13-25)21(26)24-17-5-6-19-20(11-17)28-9-8-27-19/h3-6,10-11,15H,1-2,7-9,12-13H2,(H,24,26). The summed E-state index contributed by atoms with van der Waals surface area (Å²) in [5, 5.41) is 4.31. The minimum absolute atomic E-state index is 0.0311. The molecule has 28 heavy (non-hydrogen) atoms. The fraction of sp³-hybridized carbons (Fsp3) is 0.381. The molecule has 1 fully saturated rings. The first-order valence-electron chi connectivity index (χ1n) is 9.45. The summed E-state index contributed by atoms with van der Waals surface area (Å²) in [5.41, 5.74) is 1.76. The molecule has 1 saturated heterocycles. The average Bonchev–Trinajstić information content (AvgIpc) is 2.70. The molecule has 1 amide bonds. The summed E-state index contributed by atoms with van der Waals surface area (Å²) >= 11 is 12.3. The largest absolute Gasteiger partial charge is 0.486 e. The van der Waals surface area contributed by atoms with E-state index in [4.69, 9.17) is 32.7 Å². The summed E-state index contributed by atoms with van der Waals surface area (Å²) in [6.45, 7) is 3.44. The van der Waals surface area contributed by atoms with Gasteiger partial charge in [0.15, 0.2) is 11.5 Å². The number of nitrogens with one attached hydrogen (secondary N) is 1. The van der Waals surface area contributed by atoms with Crippen molar-refractivity contribution in [3.8, 4) is 11.5 Å². The number of carbonyl (C=O) groups excluding carboxylic acids is 1. The van der Waals surface area contributed by atoms with E-state index >= 15 is 0 Å². The molecule has 1 atom stereocenters. The molecule has 1 unspecified atom stereocenters. The number of anilines is 1. The number of halogens is 2. The zero-order valence-corrected chi connectivity index (χ0v) is 16.9. The Kier molecular flexibility index (Phi) is 5.95. The highest BCUT2D eigenvalue weighted by Crippen LogP contribution is 2.33. The van der Waals surface area contributed by atoms with Crippen LogP contribution in [0.5, 0.6) is 11.5 Å². The fourth-order valence-electron chi connectivity index (χ4n) is 3.67. The van der Waals surface area contributed by atoms with Gasteiger partial charge in [0, 0.05) is 34.9 Å². The number of piperidine rings is 1. The molecule has 0 spiro atoms. The Bertz CT molecular complexity index is 875. The first-order valence-corrected chi connectivity index (χ1v) is 10.2. The van der Waals surface area contributed by atoms with E-state index in [-0.39, 0.29) is 11.8 Å². The molecule has 2 aliphatic rings. The molecule has 2 heterocycles. The van der Waals surface area contributed by atoms with Gasteiger partial charge >= 0.3 is 0 Å². The maximum atomic E-state index is 12.8. The van der Waals surface area contributed by atoms with Crippen molar-refractivity contribution in [3.05, 3.63) is 52.0 Å². The predicted molar refractivity (Wildman–Crippen MR) is 111 cm³/mol. The third kappa shape index (κ3) is 4.54. The van der Waals surface area contributed by atoms with Crippen molar-refractivity contribution >= 4 is 34.8 Å². The number of ether oxygens (including phenoxy) is 2. The summed E-state index contributed by atoms with van der Waals surface area (Å²) in [5.74, 6) is 1.36. The lowest BCUT2D eigenvalue weighted by Crippen LogP contribution is -2.40. The topological polar surface area (TPSA) is 50.8 Å². The second-order valence-electron chi connectivity index (χ2n) is 7.16. The highest BCUT2D eigenvalue weighted by molar-refractivity contribution is 6.35. The van der Waals surface area contributed by atoms with Crippen LogP contribution in [0.25, 0.3) is 0 Å². The van der Waals surface area contributed by atoms with Crippen LogP contribution in [0.15, 0.2) is 36.4 Å². The van der Waals surface area contributed by atoms with E-state index in [0.717, 1.165) is 30.6 Å². The van der Waals surface area contributed by atoms with E-state index in [1.165, 1.54) is 0 Å². The lowest BCUT2D eigenvalue weighted by atomic mass is 9.96. The second-order valence-corrected chi connectivity index (χ2v) is 8.00. The third-order valence-electron chi connectivity index (χ3n) is 5.10. The molecule has 148 valence electrons. The van der Waals surface area contributed by atoms with Crippen molar-refractivity contribution in [1.82, 2.24) is 4.90 Å². The highest BCUT2D eigenvalue weighted by Gasteiger charge is 2.26. The molecule has 0 aromatic heterocycles. The van der Waals surface area contributed by atoms with Crippen molar-refractivity contribution in [3.63, 3.8) is 0 Å². The van der Waals surface area contributed by atoms with Gasteiger partial charge in [0.1, 0.15) is 13.2 Å². The van der Waals surface area contributed by atoms with Gasteiger partial charge in [-0.1, -0.05) is 29.3 Å². The van der Waals surface area contributed by atoms with Crippen LogP contribution in [-0.4, -0.2) is 37.1 Å². The van der Waals surface area contributed by atoms with Crippen molar-refractivity contribution in [2.24, 2.45) is 5.92 Å². The van der Waals surface area contributed by atoms with Crippen LogP contribution >= 0.6 is 23.2 Å². The van der Waals surface area contributed by atoms with E-state index in [2.05, 4.69) is 10.2 Å². The molecule has 0 radical (unpaired) electrons. The molecule has 2 aromatic carbocycles. The van der Waals surface area contributed by atoms with Crippen LogP contribution < -0.4 is 14.8 Å². The van der Waals surface area contributed by atoms with Gasteiger partial charge < -0.3 is 14.8 Å². The van der Waals surface area contributed by atoms with Gasteiger partial charge in [0.05, 0.1) is 5.92 Å². The summed E-state index contributed by atoms with van der Waals surface area (Å²) < 4.78 is 11.1. The SMILES string of the molecule is O=C(Nc1ccc2c(c1)OCCO2)C1CCCN(Cc2ccc(Cl)cc2Cl)C1. The predicted octanol–water partition coefficient (Wildman–Crippen LogP) is 4.62. The van der Waals surface area contributed by atoms with Crippen molar-refractivity contribution in [2.45, 2.75) is 19.4 Å². The zero-order chi connectivity index (χ0) is 19.5. The maximum absolute atomic E-state index is 12.8. The number of hydrogen-bond acceptors (Lipinski definition) is 4. The molecule has 7 heteroatoms. The normalized spacial score (nSPS) is 19.3. The Hall–Kier alpha value is -1.95. The number of amides is 1. The first kappa shape index (κ1) is 19.4. The van der Waals surface area contributed by atoms with Gasteiger partial charge in [-0.3, -0.25) is 9.69 Å². The van der Waals surface area contributed by atoms with E-state index in [1.807, 2.05) is 30.3 Å². The van der Waals surface area contributed by atoms with Gasteiger partial charge in [-0.05, 0) is 49.2 Å². The number of rotatable bonds is 4. The maximum Gasteiger partial charge on any atom is 0.228 e. The molecule has 0 aliphatic carbocycles. The minimum Gasteiger partial charge on any atom is -0.486 e. The Balaban J connectivity index is 1.38. The van der Waals surface area contributed by atoms with Gasteiger partial charge in [0.25, 0.3) is 0 Å². The Morgan fingerprint density at radius 1 is 1.11 bits per heavy atom. The lowest BCUT2D eigenvalue weighted by Gasteiger charge is -2.32. The van der Waals surface area contributed by atoms with Crippen LogP contribution in [0.3, 0.4) is 0 Å². The van der Waals surface area contributed by atoms with Crippen molar-refractivity contribution < 1.29 is 14.3 Å². The molecule has 2 aromatic rings. The summed E-state index contributed by atoms with van der Waals surface area (Å²) in [6.07, 6.45) is 1.85. The summed E-state index contributed by atoms with van der Waals surface area (Å²) in [6, 6.07) is 11.1. The number of benzene rings is 2. The Morgan fingerprint density at radius 3 is 2.75 bits per heavy atom. The van der Waals surface area contributed by atoms with E-state index < -0.39 is 0 Å².